The van der Waals surface area contributed by atoms with Gasteiger partial charge in [0.2, 0.25) is 0 Å². The fourth-order valence-corrected chi connectivity index (χ4v) is 4.61. The lowest BCUT2D eigenvalue weighted by molar-refractivity contribution is 0.474. The molecule has 0 saturated carbocycles. The van der Waals surface area contributed by atoms with E-state index < -0.39 is 0 Å². The summed E-state index contributed by atoms with van der Waals surface area (Å²) in [5.74, 6) is 0.891. The molecule has 0 amide bonds. The second-order valence-corrected chi connectivity index (χ2v) is 9.06. The first kappa shape index (κ1) is 23.9. The molecule has 188 valence electrons. The van der Waals surface area contributed by atoms with E-state index in [1.165, 1.54) is 0 Å². The standard InChI is InChI=1S/C34H25N3O2/c38-30-21-20-26(22-27(30)23-35-29-18-10-11-19-31(29)39)34-36-32(24-12-4-1-5-13-24)33(25-14-6-2-7-15-25)37(34)28-16-8-3-9-17-28/h1-23,38-39H. The Morgan fingerprint density at radius 3 is 1.90 bits per heavy atom. The molecular weight excluding hydrogens is 482 g/mol. The highest BCUT2D eigenvalue weighted by Crippen LogP contribution is 2.39. The van der Waals surface area contributed by atoms with Crippen molar-refractivity contribution in [2.75, 3.05) is 0 Å². The maximum Gasteiger partial charge on any atom is 0.145 e. The third-order valence-electron chi connectivity index (χ3n) is 6.50. The summed E-state index contributed by atoms with van der Waals surface area (Å²) >= 11 is 0. The Balaban J connectivity index is 1.59. The molecule has 6 rings (SSSR count). The van der Waals surface area contributed by atoms with Gasteiger partial charge in [-0.2, -0.15) is 0 Å². The average Bonchev–Trinajstić information content (AvgIpc) is 3.40. The topological polar surface area (TPSA) is 70.6 Å². The Labute approximate surface area is 226 Å². The van der Waals surface area contributed by atoms with Gasteiger partial charge in [-0.15, -0.1) is 0 Å². The number of imidazole rings is 1. The van der Waals surface area contributed by atoms with Gasteiger partial charge in [-0.1, -0.05) is 91.0 Å². The summed E-state index contributed by atoms with van der Waals surface area (Å²) in [6, 6.07) is 42.7. The van der Waals surface area contributed by atoms with Crippen molar-refractivity contribution in [3.63, 3.8) is 0 Å². The van der Waals surface area contributed by atoms with Crippen LogP contribution < -0.4 is 0 Å². The number of hydrogen-bond acceptors (Lipinski definition) is 4. The molecule has 0 fully saturated rings. The van der Waals surface area contributed by atoms with Crippen molar-refractivity contribution >= 4 is 11.9 Å². The molecular formula is C34H25N3O2. The van der Waals surface area contributed by atoms with E-state index in [2.05, 4.69) is 46.0 Å². The van der Waals surface area contributed by atoms with E-state index in [1.54, 1.807) is 36.5 Å². The minimum Gasteiger partial charge on any atom is -0.507 e. The number of para-hydroxylation sites is 3. The monoisotopic (exact) mass is 507 g/mol. The van der Waals surface area contributed by atoms with Crippen LogP contribution in [0.4, 0.5) is 5.69 Å². The maximum atomic E-state index is 10.7. The molecule has 0 atom stereocenters. The van der Waals surface area contributed by atoms with Crippen LogP contribution in [-0.2, 0) is 0 Å². The summed E-state index contributed by atoms with van der Waals surface area (Å²) < 4.78 is 2.16. The van der Waals surface area contributed by atoms with Crippen LogP contribution >= 0.6 is 0 Å². The van der Waals surface area contributed by atoms with Crippen molar-refractivity contribution in [3.05, 3.63) is 139 Å². The fourth-order valence-electron chi connectivity index (χ4n) is 4.61. The first-order chi connectivity index (χ1) is 19.2. The summed E-state index contributed by atoms with van der Waals surface area (Å²) in [5, 5.41) is 20.8. The van der Waals surface area contributed by atoms with Gasteiger partial charge in [0.1, 0.15) is 23.0 Å². The largest absolute Gasteiger partial charge is 0.507 e. The Morgan fingerprint density at radius 2 is 1.21 bits per heavy atom. The van der Waals surface area contributed by atoms with Crippen molar-refractivity contribution in [1.29, 1.82) is 0 Å². The van der Waals surface area contributed by atoms with Gasteiger partial charge in [0.15, 0.2) is 0 Å². The summed E-state index contributed by atoms with van der Waals surface area (Å²) in [4.78, 5) is 9.61. The number of rotatable bonds is 6. The summed E-state index contributed by atoms with van der Waals surface area (Å²) in [6.07, 6.45) is 1.56. The van der Waals surface area contributed by atoms with Crippen LogP contribution in [0, 0.1) is 0 Å². The van der Waals surface area contributed by atoms with Crippen LogP contribution in [0.25, 0.3) is 39.6 Å². The molecule has 0 bridgehead atoms. The molecule has 0 aliphatic heterocycles. The number of benzene rings is 5. The second-order valence-electron chi connectivity index (χ2n) is 9.06. The number of aromatic hydroxyl groups is 2. The molecule has 39 heavy (non-hydrogen) atoms. The number of aromatic nitrogens is 2. The molecule has 1 aromatic heterocycles. The van der Waals surface area contributed by atoms with E-state index in [0.717, 1.165) is 39.6 Å². The minimum atomic E-state index is 0.0732. The molecule has 0 aliphatic rings. The zero-order chi connectivity index (χ0) is 26.6. The molecule has 5 nitrogen and oxygen atoms in total. The quantitative estimate of drug-likeness (QED) is 0.224. The molecule has 5 heteroatoms. The first-order valence-corrected chi connectivity index (χ1v) is 12.6. The molecule has 0 unspecified atom stereocenters. The maximum absolute atomic E-state index is 10.7. The highest BCUT2D eigenvalue weighted by molar-refractivity contribution is 5.89. The van der Waals surface area contributed by atoms with Gasteiger partial charge in [0.25, 0.3) is 0 Å². The predicted octanol–water partition coefficient (Wildman–Crippen LogP) is 8.04. The van der Waals surface area contributed by atoms with Crippen molar-refractivity contribution in [3.8, 4) is 51.1 Å². The van der Waals surface area contributed by atoms with Gasteiger partial charge in [0, 0.05) is 34.2 Å². The molecule has 0 saturated heterocycles. The Morgan fingerprint density at radius 1 is 0.590 bits per heavy atom. The molecule has 6 aromatic rings. The number of phenolic OH excluding ortho intramolecular Hbond substituents is 2. The van der Waals surface area contributed by atoms with E-state index in [4.69, 9.17) is 4.98 Å². The number of hydrogen-bond donors (Lipinski definition) is 2. The lowest BCUT2D eigenvalue weighted by Crippen LogP contribution is -2.00. The van der Waals surface area contributed by atoms with Gasteiger partial charge < -0.3 is 10.2 Å². The molecule has 0 radical (unpaired) electrons. The lowest BCUT2D eigenvalue weighted by Gasteiger charge is -2.14. The van der Waals surface area contributed by atoms with Crippen molar-refractivity contribution < 1.29 is 10.2 Å². The summed E-state index contributed by atoms with van der Waals surface area (Å²) in [6.45, 7) is 0. The zero-order valence-electron chi connectivity index (χ0n) is 21.0. The van der Waals surface area contributed by atoms with Crippen molar-refractivity contribution in [1.82, 2.24) is 9.55 Å². The lowest BCUT2D eigenvalue weighted by atomic mass is 10.0. The van der Waals surface area contributed by atoms with Gasteiger partial charge in [-0.05, 0) is 42.5 Å². The van der Waals surface area contributed by atoms with Gasteiger partial charge in [-0.25, -0.2) is 4.98 Å². The van der Waals surface area contributed by atoms with Gasteiger partial charge in [-0.3, -0.25) is 9.56 Å². The minimum absolute atomic E-state index is 0.0732. The van der Waals surface area contributed by atoms with Gasteiger partial charge >= 0.3 is 0 Å². The first-order valence-electron chi connectivity index (χ1n) is 12.6. The SMILES string of the molecule is Oc1ccc(-c2nc(-c3ccccc3)c(-c3ccccc3)n2-c2ccccc2)cc1C=Nc1ccccc1O. The number of nitrogens with zero attached hydrogens (tertiary/aromatic N) is 3. The van der Waals surface area contributed by atoms with Crippen LogP contribution in [-0.4, -0.2) is 26.0 Å². The van der Waals surface area contributed by atoms with Crippen LogP contribution in [0.1, 0.15) is 5.56 Å². The van der Waals surface area contributed by atoms with Crippen LogP contribution in [0.2, 0.25) is 0 Å². The second kappa shape index (κ2) is 10.5. The molecule has 1 heterocycles. The van der Waals surface area contributed by atoms with Crippen LogP contribution in [0.15, 0.2) is 138 Å². The van der Waals surface area contributed by atoms with E-state index in [0.29, 0.717) is 11.3 Å². The molecule has 2 N–H and O–H groups in total. The van der Waals surface area contributed by atoms with Gasteiger partial charge in [0.05, 0.1) is 11.4 Å². The molecule has 5 aromatic carbocycles. The number of aliphatic imine (C=N–C) groups is 1. The Hall–Kier alpha value is -5.42. The van der Waals surface area contributed by atoms with Crippen molar-refractivity contribution in [2.24, 2.45) is 4.99 Å². The third-order valence-corrected chi connectivity index (χ3v) is 6.50. The van der Waals surface area contributed by atoms with E-state index >= 15 is 0 Å². The highest BCUT2D eigenvalue weighted by Gasteiger charge is 2.22. The Kier molecular flexibility index (Phi) is 6.46. The smallest absolute Gasteiger partial charge is 0.145 e. The van der Waals surface area contributed by atoms with Crippen LogP contribution in [0.5, 0.6) is 11.5 Å². The molecule has 0 spiro atoms. The summed E-state index contributed by atoms with van der Waals surface area (Å²) in [7, 11) is 0. The van der Waals surface area contributed by atoms with E-state index in [9.17, 15) is 10.2 Å². The number of phenols is 2. The van der Waals surface area contributed by atoms with E-state index in [1.807, 2.05) is 66.7 Å². The Bertz CT molecular complexity index is 1760. The average molecular weight is 508 g/mol. The summed E-state index contributed by atoms with van der Waals surface area (Å²) in [5.41, 5.74) is 6.60. The van der Waals surface area contributed by atoms with E-state index in [-0.39, 0.29) is 11.5 Å². The predicted molar refractivity (Wildman–Crippen MR) is 157 cm³/mol. The zero-order valence-corrected chi connectivity index (χ0v) is 21.0. The third kappa shape index (κ3) is 4.81. The van der Waals surface area contributed by atoms with Crippen LogP contribution in [0.3, 0.4) is 0 Å². The fraction of sp³-hybridized carbons (Fsp3) is 0. The normalized spacial score (nSPS) is 11.2. The highest BCUT2D eigenvalue weighted by atomic mass is 16.3. The molecule has 0 aliphatic carbocycles. The van der Waals surface area contributed by atoms with Crippen molar-refractivity contribution in [2.45, 2.75) is 0 Å².